The summed E-state index contributed by atoms with van der Waals surface area (Å²) in [6.07, 6.45) is 2.74. The average molecular weight is 280 g/mol. The molecule has 2 heterocycles. The molecule has 0 saturated carbocycles. The molecule has 1 atom stereocenters. The van der Waals surface area contributed by atoms with Gasteiger partial charge in [-0.05, 0) is 12.8 Å². The van der Waals surface area contributed by atoms with Crippen LogP contribution in [0.2, 0.25) is 0 Å². The van der Waals surface area contributed by atoms with Crippen LogP contribution >= 0.6 is 0 Å². The first kappa shape index (κ1) is 14.0. The van der Waals surface area contributed by atoms with Gasteiger partial charge in [0.2, 0.25) is 5.91 Å². The minimum absolute atomic E-state index is 0.0963. The van der Waals surface area contributed by atoms with Crippen LogP contribution in [0.3, 0.4) is 0 Å². The summed E-state index contributed by atoms with van der Waals surface area (Å²) in [4.78, 5) is 42.1. The van der Waals surface area contributed by atoms with Gasteiger partial charge in [-0.15, -0.1) is 0 Å². The highest BCUT2D eigenvalue weighted by Gasteiger charge is 2.29. The predicted molar refractivity (Wildman–Crippen MR) is 68.3 cm³/mol. The van der Waals surface area contributed by atoms with Gasteiger partial charge in [-0.2, -0.15) is 0 Å². The summed E-state index contributed by atoms with van der Waals surface area (Å²) < 4.78 is 0. The lowest BCUT2D eigenvalue weighted by molar-refractivity contribution is -0.120. The van der Waals surface area contributed by atoms with Crippen LogP contribution in [0.1, 0.15) is 40.7 Å². The predicted octanol–water partition coefficient (Wildman–Crippen LogP) is -0.151. The minimum Gasteiger partial charge on any atom is -0.477 e. The summed E-state index contributed by atoms with van der Waals surface area (Å²) in [6.45, 7) is 2.32. The first-order valence-corrected chi connectivity index (χ1v) is 6.32. The number of hydrogen-bond acceptors (Lipinski definition) is 4. The first-order valence-electron chi connectivity index (χ1n) is 6.32. The maximum atomic E-state index is 12.3. The number of nitrogens with zero attached hydrogens (tertiary/aromatic N) is 2. The van der Waals surface area contributed by atoms with E-state index in [1.807, 2.05) is 0 Å². The van der Waals surface area contributed by atoms with E-state index < -0.39 is 11.9 Å². The van der Waals surface area contributed by atoms with E-state index in [0.29, 0.717) is 13.1 Å². The molecule has 0 radical (unpaired) electrons. The molecule has 0 bridgehead atoms. The lowest BCUT2D eigenvalue weighted by atomic mass is 10.1. The SMILES string of the molecule is CC(=O)NC1CCCN(C(=O)c2nc[nH]c2C(=O)O)C1. The van der Waals surface area contributed by atoms with Crippen molar-refractivity contribution in [3.05, 3.63) is 17.7 Å². The maximum absolute atomic E-state index is 12.3. The van der Waals surface area contributed by atoms with Gasteiger partial charge >= 0.3 is 5.97 Å². The number of piperidine rings is 1. The summed E-state index contributed by atoms with van der Waals surface area (Å²) in [5.41, 5.74) is -0.308. The zero-order valence-electron chi connectivity index (χ0n) is 11.0. The number of carboxylic acids is 1. The quantitative estimate of drug-likeness (QED) is 0.712. The topological polar surface area (TPSA) is 115 Å². The van der Waals surface area contributed by atoms with Crippen LogP contribution in [0.5, 0.6) is 0 Å². The summed E-state index contributed by atoms with van der Waals surface area (Å²) in [5, 5.41) is 11.7. The number of carbonyl (C=O) groups excluding carboxylic acids is 2. The molecule has 1 aromatic heterocycles. The zero-order valence-corrected chi connectivity index (χ0v) is 11.0. The number of amides is 2. The second-order valence-corrected chi connectivity index (χ2v) is 4.72. The molecular formula is C12H16N4O4. The van der Waals surface area contributed by atoms with E-state index in [9.17, 15) is 14.4 Å². The van der Waals surface area contributed by atoms with Crippen LogP contribution in [0.25, 0.3) is 0 Å². The highest BCUT2D eigenvalue weighted by molar-refractivity contribution is 6.02. The highest BCUT2D eigenvalue weighted by Crippen LogP contribution is 2.14. The molecule has 1 aliphatic rings. The van der Waals surface area contributed by atoms with E-state index in [4.69, 9.17) is 5.11 Å². The van der Waals surface area contributed by atoms with Gasteiger partial charge < -0.3 is 20.3 Å². The van der Waals surface area contributed by atoms with E-state index in [1.54, 1.807) is 0 Å². The van der Waals surface area contributed by atoms with Gasteiger partial charge in [0.1, 0.15) is 0 Å². The number of aromatic amines is 1. The molecule has 2 amide bonds. The Hall–Kier alpha value is -2.38. The van der Waals surface area contributed by atoms with Crippen LogP contribution in [-0.4, -0.2) is 56.9 Å². The molecule has 1 fully saturated rings. The number of likely N-dealkylation sites (tertiary alicyclic amines) is 1. The normalized spacial score (nSPS) is 18.6. The van der Waals surface area contributed by atoms with E-state index in [2.05, 4.69) is 15.3 Å². The number of hydrogen-bond donors (Lipinski definition) is 3. The second kappa shape index (κ2) is 5.72. The maximum Gasteiger partial charge on any atom is 0.354 e. The van der Waals surface area contributed by atoms with Crippen molar-refractivity contribution in [3.63, 3.8) is 0 Å². The Kier molecular flexibility index (Phi) is 4.02. The summed E-state index contributed by atoms with van der Waals surface area (Å²) in [6, 6.07) is -0.0996. The molecular weight excluding hydrogens is 264 g/mol. The van der Waals surface area contributed by atoms with Gasteiger partial charge in [0.25, 0.3) is 5.91 Å². The Morgan fingerprint density at radius 2 is 2.25 bits per heavy atom. The Bertz CT molecular complexity index is 539. The summed E-state index contributed by atoms with van der Waals surface area (Å²) in [7, 11) is 0. The van der Waals surface area contributed by atoms with Crippen molar-refractivity contribution in [2.24, 2.45) is 0 Å². The third-order valence-electron chi connectivity index (χ3n) is 3.17. The number of nitrogens with one attached hydrogen (secondary N) is 2. The number of carboxylic acid groups (broad SMARTS) is 1. The summed E-state index contributed by atoms with van der Waals surface area (Å²) in [5.74, 6) is -1.80. The van der Waals surface area contributed by atoms with Crippen molar-refractivity contribution in [2.45, 2.75) is 25.8 Å². The number of aromatic carboxylic acids is 1. The van der Waals surface area contributed by atoms with Gasteiger partial charge in [-0.1, -0.05) is 0 Å². The lowest BCUT2D eigenvalue weighted by Crippen LogP contribution is -2.49. The molecule has 1 unspecified atom stereocenters. The zero-order chi connectivity index (χ0) is 14.7. The molecule has 1 saturated heterocycles. The van der Waals surface area contributed by atoms with Crippen molar-refractivity contribution in [2.75, 3.05) is 13.1 Å². The van der Waals surface area contributed by atoms with Gasteiger partial charge in [-0.3, -0.25) is 9.59 Å². The van der Waals surface area contributed by atoms with E-state index in [1.165, 1.54) is 18.2 Å². The van der Waals surface area contributed by atoms with Crippen LogP contribution in [0.4, 0.5) is 0 Å². The van der Waals surface area contributed by atoms with Crippen molar-refractivity contribution < 1.29 is 19.5 Å². The van der Waals surface area contributed by atoms with Crippen molar-refractivity contribution >= 4 is 17.8 Å². The lowest BCUT2D eigenvalue weighted by Gasteiger charge is -2.32. The monoisotopic (exact) mass is 280 g/mol. The van der Waals surface area contributed by atoms with Crippen LogP contribution in [0.15, 0.2) is 6.33 Å². The largest absolute Gasteiger partial charge is 0.477 e. The van der Waals surface area contributed by atoms with Gasteiger partial charge in [0, 0.05) is 26.1 Å². The number of aromatic nitrogens is 2. The molecule has 0 aliphatic carbocycles. The number of carbonyl (C=O) groups is 3. The molecule has 3 N–H and O–H groups in total. The molecule has 1 aromatic rings. The van der Waals surface area contributed by atoms with Crippen molar-refractivity contribution in [1.82, 2.24) is 20.2 Å². The van der Waals surface area contributed by atoms with Gasteiger partial charge in [-0.25, -0.2) is 9.78 Å². The van der Waals surface area contributed by atoms with Crippen molar-refractivity contribution in [3.8, 4) is 0 Å². The summed E-state index contributed by atoms with van der Waals surface area (Å²) >= 11 is 0. The molecule has 2 rings (SSSR count). The Labute approximate surface area is 115 Å². The average Bonchev–Trinajstić information content (AvgIpc) is 2.86. The fraction of sp³-hybridized carbons (Fsp3) is 0.500. The van der Waals surface area contributed by atoms with E-state index in [0.717, 1.165) is 12.8 Å². The van der Waals surface area contributed by atoms with Gasteiger partial charge in [0.15, 0.2) is 11.4 Å². The van der Waals surface area contributed by atoms with E-state index >= 15 is 0 Å². The van der Waals surface area contributed by atoms with Crippen LogP contribution in [-0.2, 0) is 4.79 Å². The fourth-order valence-electron chi connectivity index (χ4n) is 2.34. The molecule has 20 heavy (non-hydrogen) atoms. The van der Waals surface area contributed by atoms with Crippen molar-refractivity contribution in [1.29, 1.82) is 0 Å². The van der Waals surface area contributed by atoms with Crippen LogP contribution in [0, 0.1) is 0 Å². The first-order chi connectivity index (χ1) is 9.49. The Morgan fingerprint density at radius 3 is 2.90 bits per heavy atom. The molecule has 8 nitrogen and oxygen atoms in total. The smallest absolute Gasteiger partial charge is 0.354 e. The second-order valence-electron chi connectivity index (χ2n) is 4.72. The van der Waals surface area contributed by atoms with Gasteiger partial charge in [0.05, 0.1) is 6.33 Å². The molecule has 1 aliphatic heterocycles. The molecule has 8 heteroatoms. The Balaban J connectivity index is 2.10. The molecule has 0 aromatic carbocycles. The molecule has 108 valence electrons. The third-order valence-corrected chi connectivity index (χ3v) is 3.17. The molecule has 0 spiro atoms. The van der Waals surface area contributed by atoms with Crippen LogP contribution < -0.4 is 5.32 Å². The number of H-pyrrole nitrogens is 1. The number of rotatable bonds is 3. The fourth-order valence-corrected chi connectivity index (χ4v) is 2.34. The third kappa shape index (κ3) is 2.95. The Morgan fingerprint density at radius 1 is 1.50 bits per heavy atom. The minimum atomic E-state index is -1.22. The highest BCUT2D eigenvalue weighted by atomic mass is 16.4. The standard InChI is InChI=1S/C12H16N4O4/c1-7(17)15-8-3-2-4-16(5-8)11(18)9-10(12(19)20)14-6-13-9/h6,8H,2-5H2,1H3,(H,13,14)(H,15,17)(H,19,20). The number of imidazole rings is 1. The van der Waals surface area contributed by atoms with E-state index in [-0.39, 0.29) is 23.3 Å².